The van der Waals surface area contributed by atoms with Crippen molar-refractivity contribution in [2.24, 2.45) is 0 Å². The number of halogens is 4. The van der Waals surface area contributed by atoms with Crippen LogP contribution < -0.4 is 5.32 Å². The lowest BCUT2D eigenvalue weighted by Gasteiger charge is -2.46. The summed E-state index contributed by atoms with van der Waals surface area (Å²) < 4.78 is 52.8. The molecule has 2 aromatic rings. The van der Waals surface area contributed by atoms with E-state index < -0.39 is 29.4 Å². The molecule has 0 bridgehead atoms. The van der Waals surface area contributed by atoms with Gasteiger partial charge in [-0.25, -0.2) is 13.8 Å². The standard InChI is InChI=1S/C15H13BrF3N3O2/c16-10-8(17)3-7-12(21-14(19)22-13(7)11(10)18)9-4-15(24-9)5-20-1-2-23-6-15/h3,9,20H,1-2,4-6H2. The Morgan fingerprint density at radius 1 is 1.29 bits per heavy atom. The van der Waals surface area contributed by atoms with Crippen LogP contribution in [-0.4, -0.2) is 41.9 Å². The highest BCUT2D eigenvalue weighted by Gasteiger charge is 2.48. The van der Waals surface area contributed by atoms with Gasteiger partial charge in [0, 0.05) is 24.9 Å². The fraction of sp³-hybridized carbons (Fsp3) is 0.467. The monoisotopic (exact) mass is 403 g/mol. The number of fused-ring (bicyclic) bond motifs is 1. The van der Waals surface area contributed by atoms with Crippen LogP contribution in [0.1, 0.15) is 18.2 Å². The molecule has 2 saturated heterocycles. The number of benzene rings is 1. The summed E-state index contributed by atoms with van der Waals surface area (Å²) in [6, 6.07) is 1.09. The van der Waals surface area contributed by atoms with Gasteiger partial charge in [0.2, 0.25) is 0 Å². The Hall–Kier alpha value is -1.29. The second kappa shape index (κ2) is 5.91. The van der Waals surface area contributed by atoms with E-state index in [9.17, 15) is 13.2 Å². The lowest BCUT2D eigenvalue weighted by atomic mass is 9.87. The molecule has 1 aromatic heterocycles. The lowest BCUT2D eigenvalue weighted by molar-refractivity contribution is -0.225. The van der Waals surface area contributed by atoms with Crippen LogP contribution in [0, 0.1) is 17.7 Å². The zero-order valence-electron chi connectivity index (χ0n) is 12.4. The van der Waals surface area contributed by atoms with Crippen molar-refractivity contribution in [3.63, 3.8) is 0 Å². The fourth-order valence-electron chi connectivity index (χ4n) is 3.17. The van der Waals surface area contributed by atoms with Crippen LogP contribution in [0.2, 0.25) is 0 Å². The van der Waals surface area contributed by atoms with Gasteiger partial charge in [-0.3, -0.25) is 0 Å². The first-order valence-corrected chi connectivity index (χ1v) is 8.25. The molecule has 5 nitrogen and oxygen atoms in total. The third-order valence-corrected chi connectivity index (χ3v) is 5.05. The van der Waals surface area contributed by atoms with Crippen molar-refractivity contribution in [1.82, 2.24) is 15.3 Å². The molecule has 2 aliphatic heterocycles. The number of nitrogens with one attached hydrogen (secondary N) is 1. The van der Waals surface area contributed by atoms with Gasteiger partial charge in [0.15, 0.2) is 5.82 Å². The Kier molecular flexibility index (Phi) is 3.98. The van der Waals surface area contributed by atoms with Gasteiger partial charge < -0.3 is 14.8 Å². The highest BCUT2D eigenvalue weighted by atomic mass is 79.9. The van der Waals surface area contributed by atoms with E-state index in [2.05, 4.69) is 31.2 Å². The molecule has 0 saturated carbocycles. The SMILES string of the molecule is Fc1nc(C2CC3(CNCCOC3)O2)c2cc(F)c(Br)c(F)c2n1. The molecule has 0 radical (unpaired) electrons. The van der Waals surface area contributed by atoms with E-state index in [1.807, 2.05) is 0 Å². The van der Waals surface area contributed by atoms with Crippen molar-refractivity contribution in [2.45, 2.75) is 18.1 Å². The molecular weight excluding hydrogens is 391 g/mol. The second-order valence-corrected chi connectivity index (χ2v) is 6.78. The summed E-state index contributed by atoms with van der Waals surface area (Å²) >= 11 is 2.79. The van der Waals surface area contributed by atoms with Gasteiger partial charge in [0.05, 0.1) is 23.4 Å². The van der Waals surface area contributed by atoms with E-state index in [-0.39, 0.29) is 21.1 Å². The number of ether oxygens (including phenoxy) is 2. The minimum absolute atomic E-state index is 0.108. The molecule has 4 rings (SSSR count). The number of nitrogens with zero attached hydrogens (tertiary/aromatic N) is 2. The first-order valence-electron chi connectivity index (χ1n) is 7.46. The van der Waals surface area contributed by atoms with Gasteiger partial charge in [-0.15, -0.1) is 0 Å². The smallest absolute Gasteiger partial charge is 0.309 e. The summed E-state index contributed by atoms with van der Waals surface area (Å²) in [5, 5.41) is 3.31. The van der Waals surface area contributed by atoms with Crippen molar-refractivity contribution in [2.75, 3.05) is 26.3 Å². The minimum Gasteiger partial charge on any atom is -0.377 e. The summed E-state index contributed by atoms with van der Waals surface area (Å²) in [6.07, 6.45) is -1.12. The maximum Gasteiger partial charge on any atom is 0.309 e. The van der Waals surface area contributed by atoms with Crippen LogP contribution in [0.4, 0.5) is 13.2 Å². The highest BCUT2D eigenvalue weighted by molar-refractivity contribution is 9.10. The molecule has 2 fully saturated rings. The first-order chi connectivity index (χ1) is 11.5. The Morgan fingerprint density at radius 3 is 2.88 bits per heavy atom. The van der Waals surface area contributed by atoms with E-state index in [4.69, 9.17) is 9.47 Å². The molecule has 1 aromatic carbocycles. The molecule has 0 amide bonds. The molecule has 1 spiro atoms. The number of hydrogen-bond acceptors (Lipinski definition) is 5. The predicted molar refractivity (Wildman–Crippen MR) is 82.0 cm³/mol. The molecular formula is C15H13BrF3N3O2. The normalized spacial score (nSPS) is 27.2. The molecule has 2 atom stereocenters. The van der Waals surface area contributed by atoms with Crippen molar-refractivity contribution in [1.29, 1.82) is 0 Å². The van der Waals surface area contributed by atoms with Crippen molar-refractivity contribution in [3.8, 4) is 0 Å². The number of hydrogen-bond donors (Lipinski definition) is 1. The highest BCUT2D eigenvalue weighted by Crippen LogP contribution is 2.45. The average Bonchev–Trinajstić information content (AvgIpc) is 2.78. The summed E-state index contributed by atoms with van der Waals surface area (Å²) in [4.78, 5) is 7.18. The molecule has 9 heteroatoms. The van der Waals surface area contributed by atoms with Crippen LogP contribution in [0.3, 0.4) is 0 Å². The molecule has 24 heavy (non-hydrogen) atoms. The van der Waals surface area contributed by atoms with Gasteiger partial charge in [0.25, 0.3) is 0 Å². The minimum atomic E-state index is -1.07. The molecule has 1 N–H and O–H groups in total. The van der Waals surface area contributed by atoms with Crippen molar-refractivity contribution >= 4 is 26.8 Å². The summed E-state index contributed by atoms with van der Waals surface area (Å²) in [6.45, 7) is 2.33. The van der Waals surface area contributed by atoms with E-state index in [1.165, 1.54) is 0 Å². The molecule has 2 unspecified atom stereocenters. The average molecular weight is 404 g/mol. The summed E-state index contributed by atoms with van der Waals surface area (Å²) in [5.74, 6) is -1.76. The summed E-state index contributed by atoms with van der Waals surface area (Å²) in [5.41, 5.74) is -0.635. The van der Waals surface area contributed by atoms with E-state index in [1.54, 1.807) is 0 Å². The fourth-order valence-corrected chi connectivity index (χ4v) is 3.47. The van der Waals surface area contributed by atoms with Crippen LogP contribution in [0.15, 0.2) is 10.5 Å². The van der Waals surface area contributed by atoms with Crippen LogP contribution in [0.5, 0.6) is 0 Å². The largest absolute Gasteiger partial charge is 0.377 e. The second-order valence-electron chi connectivity index (χ2n) is 5.98. The predicted octanol–water partition coefficient (Wildman–Crippen LogP) is 2.63. The van der Waals surface area contributed by atoms with Crippen LogP contribution in [-0.2, 0) is 9.47 Å². The van der Waals surface area contributed by atoms with E-state index in [0.29, 0.717) is 26.2 Å². The van der Waals surface area contributed by atoms with Crippen molar-refractivity contribution < 1.29 is 22.6 Å². The van der Waals surface area contributed by atoms with E-state index >= 15 is 0 Å². The Labute approximate surface area is 143 Å². The zero-order chi connectivity index (χ0) is 16.9. The number of aromatic nitrogens is 2. The van der Waals surface area contributed by atoms with Crippen LogP contribution in [0.25, 0.3) is 10.9 Å². The van der Waals surface area contributed by atoms with E-state index in [0.717, 1.165) is 12.6 Å². The third kappa shape index (κ3) is 2.59. The Balaban J connectivity index is 1.73. The quantitative estimate of drug-likeness (QED) is 0.585. The molecule has 2 aliphatic rings. The first kappa shape index (κ1) is 16.2. The maximum atomic E-state index is 14.2. The van der Waals surface area contributed by atoms with Crippen LogP contribution >= 0.6 is 15.9 Å². The van der Waals surface area contributed by atoms with Crippen molar-refractivity contribution in [3.05, 3.63) is 33.9 Å². The van der Waals surface area contributed by atoms with Gasteiger partial charge >= 0.3 is 6.08 Å². The zero-order valence-corrected chi connectivity index (χ0v) is 14.0. The maximum absolute atomic E-state index is 14.2. The molecule has 3 heterocycles. The topological polar surface area (TPSA) is 56.3 Å². The van der Waals surface area contributed by atoms with Gasteiger partial charge in [-0.1, -0.05) is 0 Å². The Bertz CT molecular complexity index is 804. The van der Waals surface area contributed by atoms with Gasteiger partial charge in [-0.05, 0) is 22.0 Å². The molecule has 128 valence electrons. The van der Waals surface area contributed by atoms with Gasteiger partial charge in [-0.2, -0.15) is 9.37 Å². The Morgan fingerprint density at radius 2 is 2.08 bits per heavy atom. The van der Waals surface area contributed by atoms with Gasteiger partial charge in [0.1, 0.15) is 23.0 Å². The molecule has 0 aliphatic carbocycles. The lowest BCUT2D eigenvalue weighted by Crippen LogP contribution is -2.54. The number of rotatable bonds is 1. The summed E-state index contributed by atoms with van der Waals surface area (Å²) in [7, 11) is 0. The third-order valence-electron chi connectivity index (χ3n) is 4.32.